The molecule has 49 heavy (non-hydrogen) atoms. The molecule has 0 fully saturated rings. The normalized spacial score (nSPS) is 11.7. The summed E-state index contributed by atoms with van der Waals surface area (Å²) in [6.07, 6.45) is 1.89. The summed E-state index contributed by atoms with van der Waals surface area (Å²) in [5, 5.41) is 7.00. The van der Waals surface area contributed by atoms with E-state index in [2.05, 4.69) is 168 Å². The van der Waals surface area contributed by atoms with Crippen LogP contribution >= 0.6 is 11.3 Å². The lowest BCUT2D eigenvalue weighted by molar-refractivity contribution is 0.655. The third-order valence-corrected chi connectivity index (χ3v) is 10.7. The predicted octanol–water partition coefficient (Wildman–Crippen LogP) is 13.3. The number of fused-ring (bicyclic) bond motifs is 8. The standard InChI is InChI=1S/C45H28N2OS/c1-2-9-29(10-3-1)30-17-22-34(23-18-30)47(40-15-8-14-38-37-13-6-7-16-42(37)49-44(38)40)35-24-19-31(20-25-35)32-21-26-39-41(27-32)48-45-43(39)36-12-5-4-11-33(36)28-46-45/h1-28H. The highest BCUT2D eigenvalue weighted by Gasteiger charge is 2.19. The van der Waals surface area contributed by atoms with E-state index >= 15 is 0 Å². The van der Waals surface area contributed by atoms with Crippen molar-refractivity contribution in [3.63, 3.8) is 0 Å². The van der Waals surface area contributed by atoms with E-state index in [4.69, 9.17) is 4.42 Å². The summed E-state index contributed by atoms with van der Waals surface area (Å²) in [7, 11) is 0. The molecule has 0 saturated carbocycles. The van der Waals surface area contributed by atoms with Crippen molar-refractivity contribution in [1.82, 2.24) is 4.98 Å². The molecule has 4 heteroatoms. The summed E-state index contributed by atoms with van der Waals surface area (Å²) in [6.45, 7) is 0. The Hall–Kier alpha value is -6.23. The molecule has 0 saturated heterocycles. The third-order valence-electron chi connectivity index (χ3n) is 9.54. The van der Waals surface area contributed by atoms with Gasteiger partial charge in [-0.2, -0.15) is 0 Å². The molecule has 0 N–H and O–H groups in total. The highest BCUT2D eigenvalue weighted by molar-refractivity contribution is 7.26. The van der Waals surface area contributed by atoms with E-state index in [9.17, 15) is 0 Å². The minimum absolute atomic E-state index is 0.672. The molecule has 0 bridgehead atoms. The van der Waals surface area contributed by atoms with E-state index in [-0.39, 0.29) is 0 Å². The SMILES string of the molecule is c1ccc(-c2ccc(N(c3ccc(-c4ccc5c(c4)oc4ncc6ccccc6c45)cc3)c3cccc4c3sc3ccccc34)cc2)cc1. The molecule has 3 aromatic heterocycles. The van der Waals surface area contributed by atoms with Crippen LogP contribution < -0.4 is 4.90 Å². The van der Waals surface area contributed by atoms with Gasteiger partial charge in [0.25, 0.3) is 0 Å². The molecule has 3 heterocycles. The maximum atomic E-state index is 6.29. The van der Waals surface area contributed by atoms with E-state index < -0.39 is 0 Å². The molecule has 0 aliphatic carbocycles. The molecule has 7 aromatic carbocycles. The molecule has 0 aliphatic rings. The van der Waals surface area contributed by atoms with Crippen LogP contribution in [0.25, 0.3) is 75.3 Å². The summed E-state index contributed by atoms with van der Waals surface area (Å²) in [4.78, 5) is 7.01. The fourth-order valence-corrected chi connectivity index (χ4v) is 8.36. The van der Waals surface area contributed by atoms with Crippen LogP contribution in [-0.2, 0) is 0 Å². The molecule has 0 radical (unpaired) electrons. The van der Waals surface area contributed by atoms with Crippen molar-refractivity contribution in [2.75, 3.05) is 4.90 Å². The molecule has 0 amide bonds. The van der Waals surface area contributed by atoms with Crippen LogP contribution in [0.2, 0.25) is 0 Å². The van der Waals surface area contributed by atoms with Gasteiger partial charge < -0.3 is 9.32 Å². The van der Waals surface area contributed by atoms with Crippen LogP contribution in [0.5, 0.6) is 0 Å². The van der Waals surface area contributed by atoms with Crippen LogP contribution in [0.4, 0.5) is 17.1 Å². The van der Waals surface area contributed by atoms with Gasteiger partial charge in [-0.1, -0.05) is 115 Å². The Morgan fingerprint density at radius 2 is 1.12 bits per heavy atom. The van der Waals surface area contributed by atoms with Crippen molar-refractivity contribution in [2.24, 2.45) is 0 Å². The first-order valence-corrected chi connectivity index (χ1v) is 17.3. The van der Waals surface area contributed by atoms with Crippen molar-refractivity contribution in [2.45, 2.75) is 0 Å². The van der Waals surface area contributed by atoms with Gasteiger partial charge in [0.15, 0.2) is 0 Å². The number of hydrogen-bond acceptors (Lipinski definition) is 4. The minimum Gasteiger partial charge on any atom is -0.438 e. The molecule has 0 aliphatic heterocycles. The lowest BCUT2D eigenvalue weighted by Crippen LogP contribution is -2.10. The fourth-order valence-electron chi connectivity index (χ4n) is 7.15. The number of thiophene rings is 1. The van der Waals surface area contributed by atoms with E-state index in [1.54, 1.807) is 0 Å². The van der Waals surface area contributed by atoms with Crippen LogP contribution in [-0.4, -0.2) is 4.98 Å². The van der Waals surface area contributed by atoms with Crippen molar-refractivity contribution >= 4 is 81.4 Å². The first-order valence-electron chi connectivity index (χ1n) is 16.4. The number of hydrogen-bond donors (Lipinski definition) is 0. The monoisotopic (exact) mass is 644 g/mol. The summed E-state index contributed by atoms with van der Waals surface area (Å²) in [6, 6.07) is 58.5. The average Bonchev–Trinajstić information content (AvgIpc) is 3.75. The summed E-state index contributed by atoms with van der Waals surface area (Å²) in [5.41, 5.74) is 9.54. The van der Waals surface area contributed by atoms with Crippen molar-refractivity contribution in [3.05, 3.63) is 170 Å². The van der Waals surface area contributed by atoms with Gasteiger partial charge in [0.1, 0.15) is 5.58 Å². The summed E-state index contributed by atoms with van der Waals surface area (Å²) >= 11 is 1.85. The van der Waals surface area contributed by atoms with Crippen LogP contribution in [0.15, 0.2) is 174 Å². The molecular weight excluding hydrogens is 617 g/mol. The highest BCUT2D eigenvalue weighted by Crippen LogP contribution is 2.45. The van der Waals surface area contributed by atoms with Crippen LogP contribution in [0.1, 0.15) is 0 Å². The van der Waals surface area contributed by atoms with Crippen LogP contribution in [0, 0.1) is 0 Å². The van der Waals surface area contributed by atoms with Gasteiger partial charge in [-0.25, -0.2) is 4.98 Å². The predicted molar refractivity (Wildman–Crippen MR) is 207 cm³/mol. The molecule has 0 spiro atoms. The zero-order valence-electron chi connectivity index (χ0n) is 26.4. The quantitative estimate of drug-likeness (QED) is 0.187. The number of furan rings is 1. The number of nitrogens with zero attached hydrogens (tertiary/aromatic N) is 2. The van der Waals surface area contributed by atoms with Gasteiger partial charge in [0, 0.05) is 43.8 Å². The highest BCUT2D eigenvalue weighted by atomic mass is 32.1. The molecule has 230 valence electrons. The van der Waals surface area contributed by atoms with Crippen molar-refractivity contribution < 1.29 is 4.42 Å². The first-order chi connectivity index (χ1) is 24.3. The average molecular weight is 645 g/mol. The Morgan fingerprint density at radius 1 is 0.490 bits per heavy atom. The van der Waals surface area contributed by atoms with Gasteiger partial charge in [0.05, 0.1) is 15.8 Å². The summed E-state index contributed by atoms with van der Waals surface area (Å²) in [5.74, 6) is 0. The lowest BCUT2D eigenvalue weighted by Gasteiger charge is -2.26. The topological polar surface area (TPSA) is 29.3 Å². The van der Waals surface area contributed by atoms with Crippen molar-refractivity contribution in [1.29, 1.82) is 0 Å². The van der Waals surface area contributed by atoms with E-state index in [0.29, 0.717) is 5.71 Å². The second-order valence-electron chi connectivity index (χ2n) is 12.4. The first kappa shape index (κ1) is 27.8. The molecule has 0 atom stereocenters. The number of benzene rings is 7. The smallest absolute Gasteiger partial charge is 0.227 e. The second-order valence-corrected chi connectivity index (χ2v) is 13.4. The Bertz CT molecular complexity index is 2810. The maximum absolute atomic E-state index is 6.29. The Morgan fingerprint density at radius 3 is 1.92 bits per heavy atom. The maximum Gasteiger partial charge on any atom is 0.227 e. The number of pyridine rings is 1. The number of rotatable bonds is 5. The van der Waals surface area contributed by atoms with Gasteiger partial charge in [-0.3, -0.25) is 0 Å². The second kappa shape index (κ2) is 11.2. The van der Waals surface area contributed by atoms with Gasteiger partial charge in [0.2, 0.25) is 5.71 Å². The number of anilines is 3. The van der Waals surface area contributed by atoms with Crippen LogP contribution in [0.3, 0.4) is 0 Å². The molecule has 0 unspecified atom stereocenters. The lowest BCUT2D eigenvalue weighted by atomic mass is 10.0. The largest absolute Gasteiger partial charge is 0.438 e. The molecule has 3 nitrogen and oxygen atoms in total. The zero-order chi connectivity index (χ0) is 32.3. The Kier molecular flexibility index (Phi) is 6.36. The van der Waals surface area contributed by atoms with Gasteiger partial charge in [-0.15, -0.1) is 11.3 Å². The summed E-state index contributed by atoms with van der Waals surface area (Å²) < 4.78 is 8.86. The minimum atomic E-state index is 0.672. The van der Waals surface area contributed by atoms with Gasteiger partial charge >= 0.3 is 0 Å². The third kappa shape index (κ3) is 4.61. The molecular formula is C45H28N2OS. The number of aromatic nitrogens is 1. The van der Waals surface area contributed by atoms with E-state index in [1.165, 1.54) is 37.0 Å². The van der Waals surface area contributed by atoms with E-state index in [1.807, 2.05) is 23.6 Å². The fraction of sp³-hybridized carbons (Fsp3) is 0. The zero-order valence-corrected chi connectivity index (χ0v) is 27.2. The Balaban J connectivity index is 1.08. The molecule has 10 aromatic rings. The van der Waals surface area contributed by atoms with Crippen molar-refractivity contribution in [3.8, 4) is 22.3 Å². The Labute approximate surface area is 286 Å². The van der Waals surface area contributed by atoms with E-state index in [0.717, 1.165) is 49.6 Å². The molecule has 10 rings (SSSR count). The van der Waals surface area contributed by atoms with Gasteiger partial charge in [-0.05, 0) is 76.2 Å².